The van der Waals surface area contributed by atoms with Crippen LogP contribution in [-0.2, 0) is 0 Å². The molecule has 37 valence electrons. The standard InChI is InChI=1S/C5H13Si/c1-5(2,3)6-4/h6H,1-4H3. The van der Waals surface area contributed by atoms with Gasteiger partial charge in [-0.25, -0.2) is 0 Å². The molecule has 0 amide bonds. The molecule has 1 heteroatoms. The van der Waals surface area contributed by atoms with Crippen LogP contribution in [0.25, 0.3) is 0 Å². The summed E-state index contributed by atoms with van der Waals surface area (Å²) in [6.45, 7) is 9.13. The Balaban J connectivity index is 3.17. The SMILES string of the molecule is C[SiH]C(C)(C)C. The van der Waals surface area contributed by atoms with Crippen LogP contribution >= 0.6 is 0 Å². The molecule has 0 aliphatic carbocycles. The van der Waals surface area contributed by atoms with E-state index in [1.807, 2.05) is 0 Å². The molecule has 0 nitrogen and oxygen atoms in total. The van der Waals surface area contributed by atoms with E-state index in [4.69, 9.17) is 0 Å². The van der Waals surface area contributed by atoms with Gasteiger partial charge in [-0.3, -0.25) is 0 Å². The van der Waals surface area contributed by atoms with Gasteiger partial charge in [-0.1, -0.05) is 27.3 Å². The van der Waals surface area contributed by atoms with E-state index in [-0.39, 0.29) is 0 Å². The third-order valence-electron chi connectivity index (χ3n) is 0.866. The average Bonchev–Trinajstić information content (AvgIpc) is 1.35. The second-order valence-corrected chi connectivity index (χ2v) is 4.96. The molecule has 0 aliphatic rings. The highest BCUT2D eigenvalue weighted by Gasteiger charge is 2.04. The van der Waals surface area contributed by atoms with Crippen LogP contribution in [0.15, 0.2) is 0 Å². The minimum absolute atomic E-state index is 0.625. The molecule has 0 saturated carbocycles. The van der Waals surface area contributed by atoms with Crippen LogP contribution in [0.4, 0.5) is 0 Å². The van der Waals surface area contributed by atoms with E-state index in [2.05, 4.69) is 27.3 Å². The van der Waals surface area contributed by atoms with Gasteiger partial charge in [0.25, 0.3) is 0 Å². The highest BCUT2D eigenvalue weighted by Crippen LogP contribution is 2.18. The third kappa shape index (κ3) is 4.22. The first kappa shape index (κ1) is 6.22. The molecule has 1 radical (unpaired) electrons. The number of hydrogen-bond acceptors (Lipinski definition) is 0. The fourth-order valence-electron chi connectivity index (χ4n) is 0. The predicted molar refractivity (Wildman–Crippen MR) is 32.7 cm³/mol. The molecular formula is C5H13Si. The van der Waals surface area contributed by atoms with E-state index in [1.54, 1.807) is 0 Å². The van der Waals surface area contributed by atoms with Gasteiger partial charge in [0.05, 0.1) is 0 Å². The van der Waals surface area contributed by atoms with Crippen LogP contribution in [0.5, 0.6) is 0 Å². The smallest absolute Gasteiger partial charge is 0.0312 e. The zero-order chi connectivity index (χ0) is 5.21. The highest BCUT2D eigenvalue weighted by molar-refractivity contribution is 6.37. The summed E-state index contributed by atoms with van der Waals surface area (Å²) in [6, 6.07) is 0. The molecule has 0 saturated heterocycles. The fraction of sp³-hybridized carbons (Fsp3) is 1.00. The van der Waals surface area contributed by atoms with Crippen molar-refractivity contribution in [3.05, 3.63) is 0 Å². The van der Waals surface area contributed by atoms with Gasteiger partial charge in [-0.15, -0.1) is 0 Å². The molecule has 0 aromatic carbocycles. The maximum absolute atomic E-state index is 2.29. The molecule has 0 rings (SSSR count). The van der Waals surface area contributed by atoms with E-state index in [1.165, 1.54) is 0 Å². The van der Waals surface area contributed by atoms with Crippen LogP contribution in [0.2, 0.25) is 11.6 Å². The molecule has 0 N–H and O–H groups in total. The van der Waals surface area contributed by atoms with Gasteiger partial charge in [0.15, 0.2) is 0 Å². The van der Waals surface area contributed by atoms with Gasteiger partial charge < -0.3 is 0 Å². The van der Waals surface area contributed by atoms with Crippen molar-refractivity contribution in [2.45, 2.75) is 32.4 Å². The summed E-state index contributed by atoms with van der Waals surface area (Å²) in [6.07, 6.45) is 0. The van der Waals surface area contributed by atoms with Crippen molar-refractivity contribution in [1.82, 2.24) is 0 Å². The van der Waals surface area contributed by atoms with E-state index >= 15 is 0 Å². The van der Waals surface area contributed by atoms with E-state index < -0.39 is 0 Å². The Morgan fingerprint density at radius 2 is 1.33 bits per heavy atom. The third-order valence-corrected chi connectivity index (χ3v) is 2.60. The second-order valence-electron chi connectivity index (χ2n) is 2.65. The van der Waals surface area contributed by atoms with Gasteiger partial charge in [0.2, 0.25) is 0 Å². The first-order valence-corrected chi connectivity index (χ1v) is 4.10. The molecule has 0 bridgehead atoms. The Kier molecular flexibility index (Phi) is 1.85. The van der Waals surface area contributed by atoms with Gasteiger partial charge in [0.1, 0.15) is 0 Å². The Bertz CT molecular complexity index is 33.7. The Labute approximate surface area is 42.8 Å². The Morgan fingerprint density at radius 1 is 1.17 bits per heavy atom. The van der Waals surface area contributed by atoms with E-state index in [0.29, 0.717) is 14.6 Å². The van der Waals surface area contributed by atoms with Crippen molar-refractivity contribution in [3.63, 3.8) is 0 Å². The predicted octanol–water partition coefficient (Wildman–Crippen LogP) is 1.69. The summed E-state index contributed by atoms with van der Waals surface area (Å²) in [5.41, 5.74) is 0. The monoisotopic (exact) mass is 101 g/mol. The van der Waals surface area contributed by atoms with Crippen molar-refractivity contribution in [1.29, 1.82) is 0 Å². The molecule has 0 aromatic rings. The molecule has 0 atom stereocenters. The van der Waals surface area contributed by atoms with E-state index in [0.717, 1.165) is 0 Å². The van der Waals surface area contributed by atoms with Gasteiger partial charge in [0, 0.05) is 9.52 Å². The van der Waals surface area contributed by atoms with Crippen LogP contribution in [0.3, 0.4) is 0 Å². The zero-order valence-corrected chi connectivity index (χ0v) is 6.23. The Morgan fingerprint density at radius 3 is 1.33 bits per heavy atom. The van der Waals surface area contributed by atoms with Crippen LogP contribution in [-0.4, -0.2) is 9.52 Å². The quantitative estimate of drug-likeness (QED) is 0.407. The van der Waals surface area contributed by atoms with Crippen molar-refractivity contribution < 1.29 is 0 Å². The van der Waals surface area contributed by atoms with Crippen molar-refractivity contribution in [2.24, 2.45) is 0 Å². The minimum atomic E-state index is 0.625. The first-order chi connectivity index (χ1) is 2.56. The average molecular weight is 101 g/mol. The van der Waals surface area contributed by atoms with Crippen molar-refractivity contribution >= 4 is 9.52 Å². The van der Waals surface area contributed by atoms with Gasteiger partial charge in [-0.05, 0) is 5.04 Å². The molecular weight excluding hydrogens is 88.1 g/mol. The summed E-state index contributed by atoms with van der Waals surface area (Å²) in [7, 11) is 0.660. The maximum Gasteiger partial charge on any atom is 0.0312 e. The summed E-state index contributed by atoms with van der Waals surface area (Å²) in [4.78, 5) is 0. The molecule has 0 aliphatic heterocycles. The largest absolute Gasteiger partial charge is 0.0737 e. The lowest BCUT2D eigenvalue weighted by Gasteiger charge is -2.11. The first-order valence-electron chi connectivity index (χ1n) is 2.37. The number of rotatable bonds is 0. The second kappa shape index (κ2) is 1.78. The Hall–Kier alpha value is 0.217. The van der Waals surface area contributed by atoms with Crippen molar-refractivity contribution in [2.75, 3.05) is 0 Å². The summed E-state index contributed by atoms with van der Waals surface area (Å²) < 4.78 is 0. The summed E-state index contributed by atoms with van der Waals surface area (Å²) in [5, 5.41) is 0.625. The zero-order valence-electron chi connectivity index (χ0n) is 5.08. The molecule has 0 unspecified atom stereocenters. The normalized spacial score (nSPS) is 12.0. The lowest BCUT2D eigenvalue weighted by atomic mass is 10.3. The fourth-order valence-corrected chi connectivity index (χ4v) is 0. The molecule has 0 fully saturated rings. The lowest BCUT2D eigenvalue weighted by Crippen LogP contribution is -2.01. The van der Waals surface area contributed by atoms with Gasteiger partial charge >= 0.3 is 0 Å². The minimum Gasteiger partial charge on any atom is -0.0737 e. The topological polar surface area (TPSA) is 0 Å². The maximum atomic E-state index is 2.29. The summed E-state index contributed by atoms with van der Waals surface area (Å²) >= 11 is 0. The van der Waals surface area contributed by atoms with Crippen LogP contribution in [0, 0.1) is 0 Å². The summed E-state index contributed by atoms with van der Waals surface area (Å²) in [5.74, 6) is 0. The van der Waals surface area contributed by atoms with E-state index in [9.17, 15) is 0 Å². The van der Waals surface area contributed by atoms with Gasteiger partial charge in [-0.2, -0.15) is 0 Å². The lowest BCUT2D eigenvalue weighted by molar-refractivity contribution is 0.756. The molecule has 0 aromatic heterocycles. The molecule has 0 spiro atoms. The highest BCUT2D eigenvalue weighted by atomic mass is 28.2. The van der Waals surface area contributed by atoms with Crippen LogP contribution in [0.1, 0.15) is 20.8 Å². The van der Waals surface area contributed by atoms with Crippen molar-refractivity contribution in [3.8, 4) is 0 Å². The number of hydrogen-bond donors (Lipinski definition) is 0. The molecule has 0 heterocycles. The molecule has 6 heavy (non-hydrogen) atoms. The van der Waals surface area contributed by atoms with Crippen LogP contribution < -0.4 is 0 Å².